The fourth-order valence-corrected chi connectivity index (χ4v) is 3.16. The zero-order valence-corrected chi connectivity index (χ0v) is 13.6. The lowest BCUT2D eigenvalue weighted by Crippen LogP contribution is -2.50. The highest BCUT2D eigenvalue weighted by molar-refractivity contribution is 6.21. The van der Waals surface area contributed by atoms with Crippen molar-refractivity contribution in [2.45, 2.75) is 5.79 Å². The number of carbonyl (C=O) groups is 2. The van der Waals surface area contributed by atoms with Crippen LogP contribution >= 0.6 is 0 Å². The van der Waals surface area contributed by atoms with E-state index in [1.54, 1.807) is 24.3 Å². The lowest BCUT2D eigenvalue weighted by molar-refractivity contribution is -0.151. The molecule has 0 aliphatic carbocycles. The Morgan fingerprint density at radius 3 is 2.04 bits per heavy atom. The van der Waals surface area contributed by atoms with E-state index in [2.05, 4.69) is 5.32 Å². The zero-order valence-electron chi connectivity index (χ0n) is 13.6. The quantitative estimate of drug-likeness (QED) is 0.846. The van der Waals surface area contributed by atoms with Gasteiger partial charge < -0.3 is 14.8 Å². The molecule has 0 radical (unpaired) electrons. The maximum absolute atomic E-state index is 12.6. The fraction of sp³-hybridized carbons (Fsp3) is 0.263. The predicted molar refractivity (Wildman–Crippen MR) is 91.4 cm³/mol. The highest BCUT2D eigenvalue weighted by atomic mass is 16.7. The van der Waals surface area contributed by atoms with Crippen molar-refractivity contribution in [1.82, 2.24) is 4.90 Å². The highest BCUT2D eigenvalue weighted by Crippen LogP contribution is 2.28. The van der Waals surface area contributed by atoms with Crippen LogP contribution in [0, 0.1) is 0 Å². The SMILES string of the molecule is O=C1c2ccccc2C(=O)N1CC1(CNc2ccccc2)OCCO1. The van der Waals surface area contributed by atoms with Crippen LogP contribution in [0.1, 0.15) is 20.7 Å². The molecule has 25 heavy (non-hydrogen) atoms. The Hall–Kier alpha value is -2.70. The van der Waals surface area contributed by atoms with Gasteiger partial charge in [0, 0.05) is 5.69 Å². The average Bonchev–Trinajstić information content (AvgIpc) is 3.21. The number of hydrogen-bond donors (Lipinski definition) is 1. The second-order valence-corrected chi connectivity index (χ2v) is 6.07. The number of nitrogens with zero attached hydrogens (tertiary/aromatic N) is 1. The van der Waals surface area contributed by atoms with E-state index < -0.39 is 5.79 Å². The average molecular weight is 338 g/mol. The largest absolute Gasteiger partial charge is 0.380 e. The lowest BCUT2D eigenvalue weighted by Gasteiger charge is -2.31. The molecule has 6 heteroatoms. The van der Waals surface area contributed by atoms with Gasteiger partial charge in [0.15, 0.2) is 0 Å². The van der Waals surface area contributed by atoms with Crippen molar-refractivity contribution in [1.29, 1.82) is 0 Å². The van der Waals surface area contributed by atoms with E-state index >= 15 is 0 Å². The van der Waals surface area contributed by atoms with Crippen LogP contribution in [0.4, 0.5) is 5.69 Å². The second kappa shape index (κ2) is 6.31. The molecule has 1 saturated heterocycles. The number of benzene rings is 2. The molecule has 2 heterocycles. The molecular formula is C19H18N2O4. The maximum atomic E-state index is 12.6. The Bertz CT molecular complexity index is 765. The first kappa shape index (κ1) is 15.8. The minimum absolute atomic E-state index is 0.0547. The minimum atomic E-state index is -1.04. The number of imide groups is 1. The van der Waals surface area contributed by atoms with Gasteiger partial charge in [-0.3, -0.25) is 14.5 Å². The van der Waals surface area contributed by atoms with Crippen LogP contribution in [0.15, 0.2) is 54.6 Å². The summed E-state index contributed by atoms with van der Waals surface area (Å²) in [5.74, 6) is -1.65. The monoisotopic (exact) mass is 338 g/mol. The molecule has 2 aromatic carbocycles. The van der Waals surface area contributed by atoms with Gasteiger partial charge in [-0.2, -0.15) is 0 Å². The Balaban J connectivity index is 1.53. The summed E-state index contributed by atoms with van der Waals surface area (Å²) >= 11 is 0. The van der Waals surface area contributed by atoms with Crippen molar-refractivity contribution in [2.24, 2.45) is 0 Å². The molecule has 0 unspecified atom stereocenters. The maximum Gasteiger partial charge on any atom is 0.261 e. The third kappa shape index (κ3) is 2.90. The molecular weight excluding hydrogens is 320 g/mol. The topological polar surface area (TPSA) is 67.9 Å². The summed E-state index contributed by atoms with van der Waals surface area (Å²) in [5.41, 5.74) is 1.77. The highest BCUT2D eigenvalue weighted by Gasteiger charge is 2.45. The number of hydrogen-bond acceptors (Lipinski definition) is 5. The number of fused-ring (bicyclic) bond motifs is 1. The third-order valence-electron chi connectivity index (χ3n) is 4.43. The van der Waals surface area contributed by atoms with Crippen LogP contribution in [-0.4, -0.2) is 48.8 Å². The molecule has 4 rings (SSSR count). The minimum Gasteiger partial charge on any atom is -0.380 e. The van der Waals surface area contributed by atoms with Gasteiger partial charge in [-0.25, -0.2) is 0 Å². The summed E-state index contributed by atoms with van der Waals surface area (Å²) in [4.78, 5) is 26.4. The number of ether oxygens (including phenoxy) is 2. The second-order valence-electron chi connectivity index (χ2n) is 6.07. The summed E-state index contributed by atoms with van der Waals surface area (Å²) in [7, 11) is 0. The molecule has 1 fully saturated rings. The normalized spacial score (nSPS) is 18.5. The van der Waals surface area contributed by atoms with Crippen molar-refractivity contribution in [3.8, 4) is 0 Å². The Labute approximate surface area is 145 Å². The van der Waals surface area contributed by atoms with Crippen molar-refractivity contribution in [3.05, 3.63) is 65.7 Å². The standard InChI is InChI=1S/C19H18N2O4/c22-17-15-8-4-5-9-16(15)18(23)21(17)13-19(24-10-11-25-19)12-20-14-6-2-1-3-7-14/h1-9,20H,10-13H2. The molecule has 2 amide bonds. The van der Waals surface area contributed by atoms with Gasteiger partial charge in [0.05, 0.1) is 37.4 Å². The molecule has 6 nitrogen and oxygen atoms in total. The zero-order chi connectivity index (χ0) is 17.3. The van der Waals surface area contributed by atoms with Crippen LogP contribution < -0.4 is 5.32 Å². The van der Waals surface area contributed by atoms with Crippen LogP contribution in [0.25, 0.3) is 0 Å². The number of rotatable bonds is 5. The van der Waals surface area contributed by atoms with E-state index in [0.29, 0.717) is 30.9 Å². The Kier molecular flexibility index (Phi) is 3.99. The molecule has 1 N–H and O–H groups in total. The summed E-state index contributed by atoms with van der Waals surface area (Å²) in [6.07, 6.45) is 0. The predicted octanol–water partition coefficient (Wildman–Crippen LogP) is 2.14. The molecule has 2 aliphatic rings. The molecule has 2 aromatic rings. The van der Waals surface area contributed by atoms with Gasteiger partial charge in [-0.1, -0.05) is 30.3 Å². The van der Waals surface area contributed by atoms with E-state index in [0.717, 1.165) is 5.69 Å². The van der Waals surface area contributed by atoms with Crippen molar-refractivity contribution in [3.63, 3.8) is 0 Å². The van der Waals surface area contributed by atoms with Gasteiger partial charge in [-0.05, 0) is 24.3 Å². The Morgan fingerprint density at radius 1 is 0.880 bits per heavy atom. The van der Waals surface area contributed by atoms with Gasteiger partial charge >= 0.3 is 0 Å². The van der Waals surface area contributed by atoms with E-state index in [-0.39, 0.29) is 18.4 Å². The van der Waals surface area contributed by atoms with E-state index in [9.17, 15) is 9.59 Å². The van der Waals surface area contributed by atoms with Gasteiger partial charge in [0.1, 0.15) is 0 Å². The third-order valence-corrected chi connectivity index (χ3v) is 4.43. The van der Waals surface area contributed by atoms with E-state index in [4.69, 9.17) is 9.47 Å². The summed E-state index contributed by atoms with van der Waals surface area (Å²) in [5, 5.41) is 3.25. The van der Waals surface area contributed by atoms with Gasteiger partial charge in [0.2, 0.25) is 5.79 Å². The molecule has 0 saturated carbocycles. The summed E-state index contributed by atoms with van der Waals surface area (Å²) in [6, 6.07) is 16.5. The van der Waals surface area contributed by atoms with Gasteiger partial charge in [0.25, 0.3) is 11.8 Å². The number of nitrogens with one attached hydrogen (secondary N) is 1. The number of amides is 2. The first-order valence-corrected chi connectivity index (χ1v) is 8.21. The smallest absolute Gasteiger partial charge is 0.261 e. The van der Waals surface area contributed by atoms with Crippen molar-refractivity contribution >= 4 is 17.5 Å². The number of para-hydroxylation sites is 1. The van der Waals surface area contributed by atoms with Crippen molar-refractivity contribution < 1.29 is 19.1 Å². The van der Waals surface area contributed by atoms with Crippen LogP contribution in [-0.2, 0) is 9.47 Å². The van der Waals surface area contributed by atoms with Crippen LogP contribution in [0.5, 0.6) is 0 Å². The Morgan fingerprint density at radius 2 is 1.44 bits per heavy atom. The first-order chi connectivity index (χ1) is 12.2. The van der Waals surface area contributed by atoms with E-state index in [1.165, 1.54) is 4.90 Å². The first-order valence-electron chi connectivity index (χ1n) is 8.21. The molecule has 0 atom stereocenters. The van der Waals surface area contributed by atoms with Gasteiger partial charge in [-0.15, -0.1) is 0 Å². The van der Waals surface area contributed by atoms with Crippen molar-refractivity contribution in [2.75, 3.05) is 31.6 Å². The van der Waals surface area contributed by atoms with Crippen LogP contribution in [0.3, 0.4) is 0 Å². The molecule has 0 bridgehead atoms. The molecule has 128 valence electrons. The summed E-state index contributed by atoms with van der Waals surface area (Å²) in [6.45, 7) is 1.25. The summed E-state index contributed by atoms with van der Waals surface area (Å²) < 4.78 is 11.6. The lowest BCUT2D eigenvalue weighted by atomic mass is 10.1. The number of anilines is 1. The fourth-order valence-electron chi connectivity index (χ4n) is 3.16. The molecule has 0 spiro atoms. The molecule has 2 aliphatic heterocycles. The van der Waals surface area contributed by atoms with E-state index in [1.807, 2.05) is 30.3 Å². The molecule has 0 aromatic heterocycles. The van der Waals surface area contributed by atoms with Crippen LogP contribution in [0.2, 0.25) is 0 Å². The number of carbonyl (C=O) groups excluding carboxylic acids is 2.